The number of carbonyl (C=O) groups is 2. The van der Waals surface area contributed by atoms with E-state index in [0.717, 1.165) is 44.4 Å². The van der Waals surface area contributed by atoms with Gasteiger partial charge in [-0.3, -0.25) is 29.6 Å². The Bertz CT molecular complexity index is 1730. The van der Waals surface area contributed by atoms with Crippen LogP contribution in [0.15, 0.2) is 79.0 Å². The number of piperazine rings is 1. The number of aromatic nitrogens is 1. The number of likely N-dealkylation sites (N-methyl/N-ethyl adjacent to an activating group) is 1. The first-order valence-corrected chi connectivity index (χ1v) is 15.5. The summed E-state index contributed by atoms with van der Waals surface area (Å²) in [7, 11) is 2.11. The summed E-state index contributed by atoms with van der Waals surface area (Å²) >= 11 is 6.39. The third-order valence-corrected chi connectivity index (χ3v) is 7.89. The number of anilines is 2. The van der Waals surface area contributed by atoms with E-state index in [1.165, 1.54) is 12.1 Å². The molecule has 12 nitrogen and oxygen atoms in total. The molecule has 0 spiro atoms. The standard InChI is InChI=1S/C34H35ClN6O6/c1-3-46-32-20-30(41(44)45)27(34(43)37-25-11-12-31(28(35)18-25)47-22-26-6-4-5-13-36-26)19-29(32)38-33(42)24-9-7-23(8-10-24)21-40-16-14-39(2)15-17-40/h4-13,18-20H,3,14-17,21-22H2,1-2H3,(H,37,43)(H,38,42). The smallest absolute Gasteiger partial charge is 0.286 e. The van der Waals surface area contributed by atoms with Gasteiger partial charge in [0, 0.05) is 50.2 Å². The molecular formula is C34H35ClN6O6. The summed E-state index contributed by atoms with van der Waals surface area (Å²) in [5.74, 6) is -0.792. The molecule has 0 bridgehead atoms. The highest BCUT2D eigenvalue weighted by Gasteiger charge is 2.26. The van der Waals surface area contributed by atoms with E-state index in [1.807, 2.05) is 24.3 Å². The molecule has 1 aromatic heterocycles. The van der Waals surface area contributed by atoms with Crippen LogP contribution in [-0.2, 0) is 13.2 Å². The van der Waals surface area contributed by atoms with Gasteiger partial charge in [-0.2, -0.15) is 0 Å². The lowest BCUT2D eigenvalue weighted by Crippen LogP contribution is -2.43. The van der Waals surface area contributed by atoms with Gasteiger partial charge in [-0.15, -0.1) is 0 Å². The van der Waals surface area contributed by atoms with E-state index in [1.54, 1.807) is 43.5 Å². The molecule has 1 saturated heterocycles. The summed E-state index contributed by atoms with van der Waals surface area (Å²) in [5.41, 5.74) is 1.83. The van der Waals surface area contributed by atoms with Gasteiger partial charge >= 0.3 is 0 Å². The van der Waals surface area contributed by atoms with Crippen LogP contribution in [0.4, 0.5) is 17.1 Å². The van der Waals surface area contributed by atoms with Gasteiger partial charge in [-0.05, 0) is 68.1 Å². The number of benzene rings is 3. The molecule has 2 heterocycles. The lowest BCUT2D eigenvalue weighted by atomic mass is 10.1. The topological polar surface area (TPSA) is 139 Å². The minimum Gasteiger partial charge on any atom is -0.491 e. The third-order valence-electron chi connectivity index (χ3n) is 7.60. The zero-order valence-electron chi connectivity index (χ0n) is 26.1. The molecule has 1 aliphatic heterocycles. The second-order valence-corrected chi connectivity index (χ2v) is 11.4. The van der Waals surface area contributed by atoms with Gasteiger partial charge in [0.05, 0.1) is 34.0 Å². The predicted octanol–water partition coefficient (Wildman–Crippen LogP) is 5.87. The van der Waals surface area contributed by atoms with Crippen molar-refractivity contribution in [1.29, 1.82) is 0 Å². The number of amides is 2. The maximum atomic E-state index is 13.4. The van der Waals surface area contributed by atoms with Crippen LogP contribution >= 0.6 is 11.6 Å². The highest BCUT2D eigenvalue weighted by atomic mass is 35.5. The summed E-state index contributed by atoms with van der Waals surface area (Å²) < 4.78 is 11.4. The van der Waals surface area contributed by atoms with E-state index in [9.17, 15) is 19.7 Å². The summed E-state index contributed by atoms with van der Waals surface area (Å²) in [6, 6.07) is 19.7. The molecular weight excluding hydrogens is 624 g/mol. The lowest BCUT2D eigenvalue weighted by molar-refractivity contribution is -0.385. The molecule has 2 amide bonds. The Kier molecular flexibility index (Phi) is 11.0. The van der Waals surface area contributed by atoms with Crippen molar-refractivity contribution in [1.82, 2.24) is 14.8 Å². The molecule has 0 radical (unpaired) electrons. The van der Waals surface area contributed by atoms with Crippen LogP contribution in [0.5, 0.6) is 11.5 Å². The molecule has 244 valence electrons. The number of nitrogens with zero attached hydrogens (tertiary/aromatic N) is 4. The minimum absolute atomic E-state index is 0.0632. The number of hydrogen-bond acceptors (Lipinski definition) is 9. The quantitative estimate of drug-likeness (QED) is 0.141. The lowest BCUT2D eigenvalue weighted by Gasteiger charge is -2.32. The fourth-order valence-corrected chi connectivity index (χ4v) is 5.26. The number of pyridine rings is 1. The summed E-state index contributed by atoms with van der Waals surface area (Å²) in [6.07, 6.45) is 1.66. The molecule has 1 fully saturated rings. The Morgan fingerprint density at radius 1 is 0.936 bits per heavy atom. The number of halogens is 1. The van der Waals surface area contributed by atoms with Crippen LogP contribution in [0.25, 0.3) is 0 Å². The Balaban J connectivity index is 1.31. The fraction of sp³-hybridized carbons (Fsp3) is 0.265. The molecule has 5 rings (SSSR count). The monoisotopic (exact) mass is 658 g/mol. The van der Waals surface area contributed by atoms with E-state index in [4.69, 9.17) is 21.1 Å². The Labute approximate surface area is 277 Å². The average Bonchev–Trinajstić information content (AvgIpc) is 3.06. The van der Waals surface area contributed by atoms with E-state index >= 15 is 0 Å². The van der Waals surface area contributed by atoms with Gasteiger partial charge in [0.15, 0.2) is 0 Å². The average molecular weight is 659 g/mol. The molecule has 0 unspecified atom stereocenters. The Morgan fingerprint density at radius 3 is 2.36 bits per heavy atom. The second kappa shape index (κ2) is 15.5. The van der Waals surface area contributed by atoms with Gasteiger partial charge < -0.3 is 25.0 Å². The number of ether oxygens (including phenoxy) is 2. The molecule has 13 heteroatoms. The van der Waals surface area contributed by atoms with Crippen LogP contribution in [0.2, 0.25) is 5.02 Å². The first-order chi connectivity index (χ1) is 22.7. The normalized spacial score (nSPS) is 13.5. The van der Waals surface area contributed by atoms with Crippen molar-refractivity contribution < 1.29 is 24.0 Å². The van der Waals surface area contributed by atoms with Crippen LogP contribution in [0, 0.1) is 10.1 Å². The van der Waals surface area contributed by atoms with Crippen molar-refractivity contribution in [2.24, 2.45) is 0 Å². The molecule has 1 aliphatic rings. The molecule has 0 aliphatic carbocycles. The summed E-state index contributed by atoms with van der Waals surface area (Å²) in [6.45, 7) is 6.87. The highest BCUT2D eigenvalue weighted by molar-refractivity contribution is 6.32. The molecule has 47 heavy (non-hydrogen) atoms. The molecule has 0 saturated carbocycles. The molecule has 3 aromatic carbocycles. The van der Waals surface area contributed by atoms with Gasteiger partial charge in [-0.25, -0.2) is 0 Å². The SMILES string of the molecule is CCOc1cc([N+](=O)[O-])c(C(=O)Nc2ccc(OCc3ccccn3)c(Cl)c2)cc1NC(=O)c1ccc(CN2CCN(C)CC2)cc1. The predicted molar refractivity (Wildman–Crippen MR) is 179 cm³/mol. The zero-order valence-corrected chi connectivity index (χ0v) is 26.8. The summed E-state index contributed by atoms with van der Waals surface area (Å²) in [4.78, 5) is 46.8. The molecule has 0 atom stereocenters. The largest absolute Gasteiger partial charge is 0.491 e. The van der Waals surface area contributed by atoms with Crippen molar-refractivity contribution in [3.8, 4) is 11.5 Å². The van der Waals surface area contributed by atoms with Crippen LogP contribution in [0.3, 0.4) is 0 Å². The van der Waals surface area contributed by atoms with Gasteiger partial charge in [-0.1, -0.05) is 29.8 Å². The van der Waals surface area contributed by atoms with Crippen LogP contribution in [0.1, 0.15) is 38.9 Å². The van der Waals surface area contributed by atoms with E-state index in [0.29, 0.717) is 17.0 Å². The maximum absolute atomic E-state index is 13.4. The van der Waals surface area contributed by atoms with Crippen LogP contribution < -0.4 is 20.1 Å². The minimum atomic E-state index is -0.776. The van der Waals surface area contributed by atoms with Crippen LogP contribution in [-0.4, -0.2) is 71.4 Å². The van der Waals surface area contributed by atoms with Gasteiger partial charge in [0.1, 0.15) is 23.7 Å². The fourth-order valence-electron chi connectivity index (χ4n) is 5.02. The number of carbonyl (C=O) groups excluding carboxylic acids is 2. The second-order valence-electron chi connectivity index (χ2n) is 11.0. The third kappa shape index (κ3) is 8.82. The van der Waals surface area contributed by atoms with Gasteiger partial charge in [0.25, 0.3) is 17.5 Å². The summed E-state index contributed by atoms with van der Waals surface area (Å²) in [5, 5.41) is 17.6. The van der Waals surface area contributed by atoms with Crippen molar-refractivity contribution in [2.45, 2.75) is 20.1 Å². The van der Waals surface area contributed by atoms with E-state index in [-0.39, 0.29) is 40.9 Å². The van der Waals surface area contributed by atoms with Crippen molar-refractivity contribution in [3.63, 3.8) is 0 Å². The first kappa shape index (κ1) is 33.3. The number of nitrogens with one attached hydrogen (secondary N) is 2. The van der Waals surface area contributed by atoms with E-state index in [2.05, 4.69) is 32.5 Å². The number of nitro groups is 1. The molecule has 4 aromatic rings. The Morgan fingerprint density at radius 2 is 1.70 bits per heavy atom. The van der Waals surface area contributed by atoms with Gasteiger partial charge in [0.2, 0.25) is 0 Å². The Hall–Kier alpha value is -5.04. The maximum Gasteiger partial charge on any atom is 0.286 e. The number of nitro benzene ring substituents is 1. The van der Waals surface area contributed by atoms with E-state index < -0.39 is 22.4 Å². The highest BCUT2D eigenvalue weighted by Crippen LogP contribution is 2.35. The number of hydrogen-bond donors (Lipinski definition) is 2. The number of rotatable bonds is 12. The van der Waals surface area contributed by atoms with Crippen molar-refractivity contribution >= 4 is 40.5 Å². The first-order valence-electron chi connectivity index (χ1n) is 15.1. The van der Waals surface area contributed by atoms with Crippen molar-refractivity contribution in [3.05, 3.63) is 117 Å². The van der Waals surface area contributed by atoms with Crippen molar-refractivity contribution in [2.75, 3.05) is 50.5 Å². The zero-order chi connectivity index (χ0) is 33.3. The molecule has 2 N–H and O–H groups in total.